The normalized spacial score (nSPS) is 11.3. The molecule has 0 saturated carbocycles. The number of hydrogen-bond donors (Lipinski definition) is 1. The zero-order valence-electron chi connectivity index (χ0n) is 12.1. The Hall–Kier alpha value is -1.89. The van der Waals surface area contributed by atoms with Gasteiger partial charge in [-0.2, -0.15) is 5.26 Å². The van der Waals surface area contributed by atoms with Gasteiger partial charge in [0.15, 0.2) is 0 Å². The van der Waals surface area contributed by atoms with Crippen molar-refractivity contribution < 1.29 is 0 Å². The lowest BCUT2D eigenvalue weighted by Crippen LogP contribution is -2.10. The quantitative estimate of drug-likeness (QED) is 0.843. The molecule has 0 bridgehead atoms. The van der Waals surface area contributed by atoms with E-state index in [0.717, 1.165) is 29.5 Å². The molecule has 0 unspecified atom stereocenters. The van der Waals surface area contributed by atoms with Gasteiger partial charge < -0.3 is 5.73 Å². The molecule has 0 aliphatic carbocycles. The van der Waals surface area contributed by atoms with Gasteiger partial charge in [0.25, 0.3) is 0 Å². The van der Waals surface area contributed by atoms with Crippen LogP contribution in [0.25, 0.3) is 11.1 Å². The van der Waals surface area contributed by atoms with Crippen LogP contribution in [0.1, 0.15) is 36.4 Å². The maximum absolute atomic E-state index is 8.58. The summed E-state index contributed by atoms with van der Waals surface area (Å²) in [6, 6.07) is 12.5. The molecule has 0 radical (unpaired) electrons. The predicted octanol–water partition coefficient (Wildman–Crippen LogP) is 4.17. The fourth-order valence-electron chi connectivity index (χ4n) is 2.30. The standard InChI is InChI=1S/C17H19N3.ClH/c1-13-12-20-10-8-16(13)14-5-4-6-15(11-14)17(19)7-2-3-9-18;/h4-6,8,10-12,17H,2-3,7,19H2,1H3;1H/t17-;/m0./s1. The molecular weight excluding hydrogens is 282 g/mol. The SMILES string of the molecule is Cc1cnccc1-c1cccc([C@@H](N)CCCC#N)c1.Cl. The molecule has 0 spiro atoms. The molecule has 1 atom stereocenters. The smallest absolute Gasteiger partial charge is 0.0621 e. The second kappa shape index (κ2) is 8.41. The monoisotopic (exact) mass is 301 g/mol. The topological polar surface area (TPSA) is 62.7 Å². The van der Waals surface area contributed by atoms with Crippen LogP contribution in [0.5, 0.6) is 0 Å². The van der Waals surface area contributed by atoms with Gasteiger partial charge in [-0.1, -0.05) is 18.2 Å². The Morgan fingerprint density at radius 1 is 1.33 bits per heavy atom. The van der Waals surface area contributed by atoms with Crippen molar-refractivity contribution in [3.05, 3.63) is 53.9 Å². The summed E-state index contributed by atoms with van der Waals surface area (Å²) in [5.41, 5.74) is 10.8. The van der Waals surface area contributed by atoms with Crippen molar-refractivity contribution >= 4 is 12.4 Å². The molecular formula is C17H20ClN3. The summed E-state index contributed by atoms with van der Waals surface area (Å²) in [6.45, 7) is 2.06. The van der Waals surface area contributed by atoms with Crippen molar-refractivity contribution in [3.63, 3.8) is 0 Å². The van der Waals surface area contributed by atoms with Crippen molar-refractivity contribution in [2.75, 3.05) is 0 Å². The van der Waals surface area contributed by atoms with Crippen molar-refractivity contribution in [2.45, 2.75) is 32.2 Å². The molecule has 0 aliphatic rings. The fraction of sp³-hybridized carbons (Fsp3) is 0.294. The summed E-state index contributed by atoms with van der Waals surface area (Å²) < 4.78 is 0. The molecule has 110 valence electrons. The lowest BCUT2D eigenvalue weighted by atomic mass is 9.96. The Balaban J connectivity index is 0.00000220. The van der Waals surface area contributed by atoms with E-state index in [1.54, 1.807) is 0 Å². The Morgan fingerprint density at radius 2 is 2.14 bits per heavy atom. The molecule has 1 aromatic carbocycles. The van der Waals surface area contributed by atoms with Crippen LogP contribution in [0.15, 0.2) is 42.7 Å². The predicted molar refractivity (Wildman–Crippen MR) is 88.1 cm³/mol. The Bertz CT molecular complexity index is 619. The van der Waals surface area contributed by atoms with Gasteiger partial charge in [0.1, 0.15) is 0 Å². The molecule has 2 rings (SSSR count). The van der Waals surface area contributed by atoms with Crippen molar-refractivity contribution in [1.29, 1.82) is 5.26 Å². The van der Waals surface area contributed by atoms with E-state index in [1.165, 1.54) is 5.56 Å². The first-order chi connectivity index (χ1) is 9.72. The number of aromatic nitrogens is 1. The van der Waals surface area contributed by atoms with Crippen LogP contribution in [-0.4, -0.2) is 4.98 Å². The molecule has 3 nitrogen and oxygen atoms in total. The van der Waals surface area contributed by atoms with E-state index < -0.39 is 0 Å². The molecule has 2 N–H and O–H groups in total. The minimum atomic E-state index is -0.00885. The summed E-state index contributed by atoms with van der Waals surface area (Å²) in [5.74, 6) is 0. The summed E-state index contributed by atoms with van der Waals surface area (Å²) in [6.07, 6.45) is 5.93. The molecule has 0 aliphatic heterocycles. The van der Waals surface area contributed by atoms with Crippen molar-refractivity contribution in [1.82, 2.24) is 4.98 Å². The highest BCUT2D eigenvalue weighted by Gasteiger charge is 2.08. The minimum Gasteiger partial charge on any atom is -0.324 e. The highest BCUT2D eigenvalue weighted by Crippen LogP contribution is 2.26. The zero-order chi connectivity index (χ0) is 14.4. The van der Waals surface area contributed by atoms with Crippen molar-refractivity contribution in [3.8, 4) is 17.2 Å². The van der Waals surface area contributed by atoms with Gasteiger partial charge in [0.05, 0.1) is 6.07 Å². The number of halogens is 1. The third-order valence-corrected chi connectivity index (χ3v) is 3.45. The largest absolute Gasteiger partial charge is 0.324 e. The molecule has 1 heterocycles. The van der Waals surface area contributed by atoms with Crippen LogP contribution in [0, 0.1) is 18.3 Å². The van der Waals surface area contributed by atoms with Crippen LogP contribution in [0.4, 0.5) is 0 Å². The summed E-state index contributed by atoms with van der Waals surface area (Å²) >= 11 is 0. The Labute approximate surface area is 132 Å². The van der Waals surface area contributed by atoms with E-state index >= 15 is 0 Å². The number of aryl methyl sites for hydroxylation is 1. The van der Waals surface area contributed by atoms with Gasteiger partial charge in [-0.05, 0) is 54.2 Å². The average Bonchev–Trinajstić information content (AvgIpc) is 2.48. The first kappa shape index (κ1) is 17.2. The number of nitrogens with two attached hydrogens (primary N) is 1. The van der Waals surface area contributed by atoms with E-state index in [4.69, 9.17) is 11.0 Å². The lowest BCUT2D eigenvalue weighted by Gasteiger charge is -2.13. The van der Waals surface area contributed by atoms with Crippen molar-refractivity contribution in [2.24, 2.45) is 5.73 Å². The number of hydrogen-bond acceptors (Lipinski definition) is 3. The van der Waals surface area contributed by atoms with E-state index in [0.29, 0.717) is 6.42 Å². The van der Waals surface area contributed by atoms with E-state index in [9.17, 15) is 0 Å². The summed E-state index contributed by atoms with van der Waals surface area (Å²) in [7, 11) is 0. The number of nitriles is 1. The first-order valence-electron chi connectivity index (χ1n) is 6.86. The van der Waals surface area contributed by atoms with Crippen LogP contribution in [-0.2, 0) is 0 Å². The third kappa shape index (κ3) is 4.56. The summed E-state index contributed by atoms with van der Waals surface area (Å²) in [5, 5.41) is 8.58. The Kier molecular flexibility index (Phi) is 6.87. The van der Waals surface area contributed by atoms with Gasteiger partial charge >= 0.3 is 0 Å². The van der Waals surface area contributed by atoms with Gasteiger partial charge in [-0.25, -0.2) is 0 Å². The number of unbranched alkanes of at least 4 members (excludes halogenated alkanes) is 1. The molecule has 4 heteroatoms. The summed E-state index contributed by atoms with van der Waals surface area (Å²) in [4.78, 5) is 4.12. The Morgan fingerprint density at radius 3 is 2.86 bits per heavy atom. The van der Waals surface area contributed by atoms with E-state index in [2.05, 4.69) is 36.2 Å². The highest BCUT2D eigenvalue weighted by molar-refractivity contribution is 5.85. The maximum atomic E-state index is 8.58. The van der Waals surface area contributed by atoms with Gasteiger partial charge in [0.2, 0.25) is 0 Å². The second-order valence-electron chi connectivity index (χ2n) is 4.97. The number of nitrogens with zero attached hydrogens (tertiary/aromatic N) is 2. The average molecular weight is 302 g/mol. The fourth-order valence-corrected chi connectivity index (χ4v) is 2.30. The van der Waals surface area contributed by atoms with Crippen LogP contribution < -0.4 is 5.73 Å². The molecule has 2 aromatic rings. The van der Waals surface area contributed by atoms with Gasteiger partial charge in [-0.15, -0.1) is 12.4 Å². The van der Waals surface area contributed by atoms with Gasteiger partial charge in [-0.3, -0.25) is 4.98 Å². The van der Waals surface area contributed by atoms with Gasteiger partial charge in [0, 0.05) is 24.9 Å². The molecule has 21 heavy (non-hydrogen) atoms. The number of pyridine rings is 1. The van der Waals surface area contributed by atoms with Crippen LogP contribution in [0.2, 0.25) is 0 Å². The molecule has 0 fully saturated rings. The van der Waals surface area contributed by atoms with E-state index in [-0.39, 0.29) is 18.4 Å². The maximum Gasteiger partial charge on any atom is 0.0621 e. The van der Waals surface area contributed by atoms with Crippen LogP contribution in [0.3, 0.4) is 0 Å². The molecule has 0 amide bonds. The molecule has 0 saturated heterocycles. The first-order valence-corrected chi connectivity index (χ1v) is 6.86. The lowest BCUT2D eigenvalue weighted by molar-refractivity contribution is 0.620. The van der Waals surface area contributed by atoms with Crippen LogP contribution >= 0.6 is 12.4 Å². The number of benzene rings is 1. The number of rotatable bonds is 5. The minimum absolute atomic E-state index is 0. The highest BCUT2D eigenvalue weighted by atomic mass is 35.5. The second-order valence-corrected chi connectivity index (χ2v) is 4.97. The third-order valence-electron chi connectivity index (χ3n) is 3.45. The zero-order valence-corrected chi connectivity index (χ0v) is 12.9. The van der Waals surface area contributed by atoms with E-state index in [1.807, 2.05) is 24.5 Å². The molecule has 1 aromatic heterocycles.